The minimum atomic E-state index is -4.76. The lowest BCUT2D eigenvalue weighted by atomic mass is 10.2. The van der Waals surface area contributed by atoms with Crippen molar-refractivity contribution in [2.45, 2.75) is 18.5 Å². The van der Waals surface area contributed by atoms with Gasteiger partial charge in [-0.1, -0.05) is 11.6 Å². The van der Waals surface area contributed by atoms with Crippen molar-refractivity contribution < 1.29 is 27.6 Å². The number of anilines is 1. The fourth-order valence-corrected chi connectivity index (χ4v) is 3.47. The van der Waals surface area contributed by atoms with E-state index in [2.05, 4.69) is 0 Å². The second-order valence-electron chi connectivity index (χ2n) is 6.69. The minimum Gasteiger partial charge on any atom is -0.338 e. The molecule has 28 heavy (non-hydrogen) atoms. The van der Waals surface area contributed by atoms with Crippen LogP contribution in [-0.2, 0) is 9.53 Å². The number of amides is 1. The number of piperazine rings is 1. The van der Waals surface area contributed by atoms with Gasteiger partial charge >= 0.3 is 6.18 Å². The molecule has 1 aromatic rings. The largest absolute Gasteiger partial charge is 0.433 e. The molecule has 0 radical (unpaired) electrons. The lowest BCUT2D eigenvalue weighted by Crippen LogP contribution is -2.51. The molecular formula is C16H18ClF3N4O4. The Balaban J connectivity index is 1.83. The first-order valence-corrected chi connectivity index (χ1v) is 8.86. The molecule has 154 valence electrons. The van der Waals surface area contributed by atoms with Crippen LogP contribution in [0.2, 0.25) is 5.02 Å². The van der Waals surface area contributed by atoms with Gasteiger partial charge in [-0.05, 0) is 19.2 Å². The van der Waals surface area contributed by atoms with Crippen molar-refractivity contribution in [1.29, 1.82) is 0 Å². The molecule has 8 nitrogen and oxygen atoms in total. The summed E-state index contributed by atoms with van der Waals surface area (Å²) < 4.78 is 45.6. The van der Waals surface area contributed by atoms with E-state index in [9.17, 15) is 28.1 Å². The lowest BCUT2D eigenvalue weighted by Gasteiger charge is -2.33. The van der Waals surface area contributed by atoms with Crippen molar-refractivity contribution in [3.8, 4) is 0 Å². The number of ether oxygens (including phenoxy) is 1. The highest BCUT2D eigenvalue weighted by atomic mass is 35.5. The highest BCUT2D eigenvalue weighted by Gasteiger charge is 2.53. The molecule has 2 saturated heterocycles. The van der Waals surface area contributed by atoms with E-state index in [0.29, 0.717) is 26.2 Å². The Morgan fingerprint density at radius 3 is 2.46 bits per heavy atom. The topological polar surface area (TPSA) is 79.2 Å². The van der Waals surface area contributed by atoms with Gasteiger partial charge in [0.05, 0.1) is 11.5 Å². The second-order valence-corrected chi connectivity index (χ2v) is 7.10. The lowest BCUT2D eigenvalue weighted by molar-refractivity contribution is -0.384. The van der Waals surface area contributed by atoms with Gasteiger partial charge < -0.3 is 19.4 Å². The van der Waals surface area contributed by atoms with Crippen LogP contribution in [0.25, 0.3) is 0 Å². The first kappa shape index (κ1) is 20.6. The molecule has 0 N–H and O–H groups in total. The van der Waals surface area contributed by atoms with E-state index >= 15 is 0 Å². The van der Waals surface area contributed by atoms with Crippen molar-refractivity contribution in [3.05, 3.63) is 33.3 Å². The molecule has 12 heteroatoms. The summed E-state index contributed by atoms with van der Waals surface area (Å²) in [5.74, 6) is -0.502. The van der Waals surface area contributed by atoms with Crippen LogP contribution in [0.5, 0.6) is 0 Å². The molecular weight excluding hydrogens is 405 g/mol. The van der Waals surface area contributed by atoms with Crippen molar-refractivity contribution in [2.75, 3.05) is 44.7 Å². The maximum Gasteiger partial charge on any atom is 0.433 e. The molecule has 1 aromatic carbocycles. The SMILES string of the molecule is CN1CCN(C(=O)C2CN(c3ccc([N+](=O)[O-])c(Cl)c3)C(C(F)(F)F)O2)CC1. The Hall–Kier alpha value is -2.11. The molecule has 2 fully saturated rings. The molecule has 2 atom stereocenters. The maximum absolute atomic E-state index is 13.5. The molecule has 0 aliphatic carbocycles. The second kappa shape index (κ2) is 7.72. The summed E-state index contributed by atoms with van der Waals surface area (Å²) in [7, 11) is 1.90. The molecule has 0 bridgehead atoms. The number of halogens is 4. The predicted octanol–water partition coefficient (Wildman–Crippen LogP) is 2.12. The number of benzene rings is 1. The van der Waals surface area contributed by atoms with Gasteiger partial charge in [0.25, 0.3) is 11.6 Å². The van der Waals surface area contributed by atoms with Crippen LogP contribution in [0.1, 0.15) is 0 Å². The fourth-order valence-electron chi connectivity index (χ4n) is 3.23. The molecule has 2 unspecified atom stereocenters. The van der Waals surface area contributed by atoms with Gasteiger partial charge in [0.2, 0.25) is 6.23 Å². The number of alkyl halides is 3. The van der Waals surface area contributed by atoms with Crippen LogP contribution in [0.4, 0.5) is 24.5 Å². The maximum atomic E-state index is 13.5. The molecule has 2 aliphatic rings. The van der Waals surface area contributed by atoms with E-state index in [1.165, 1.54) is 4.90 Å². The summed E-state index contributed by atoms with van der Waals surface area (Å²) in [5.41, 5.74) is -0.425. The van der Waals surface area contributed by atoms with Crippen LogP contribution >= 0.6 is 11.6 Å². The number of carbonyl (C=O) groups excluding carboxylic acids is 1. The summed E-state index contributed by atoms with van der Waals surface area (Å²) in [6.07, 6.45) is -8.39. The Morgan fingerprint density at radius 1 is 1.29 bits per heavy atom. The summed E-state index contributed by atoms with van der Waals surface area (Å²) in [5, 5.41) is 10.6. The van der Waals surface area contributed by atoms with Crippen molar-refractivity contribution in [3.63, 3.8) is 0 Å². The normalized spacial score (nSPS) is 23.9. The number of rotatable bonds is 3. The molecule has 1 amide bonds. The van der Waals surface area contributed by atoms with Gasteiger partial charge in [-0.15, -0.1) is 0 Å². The molecule has 0 saturated carbocycles. The molecule has 3 rings (SSSR count). The third-order valence-electron chi connectivity index (χ3n) is 4.77. The Morgan fingerprint density at radius 2 is 1.93 bits per heavy atom. The number of nitro groups is 1. The average Bonchev–Trinajstić information content (AvgIpc) is 3.07. The fraction of sp³-hybridized carbons (Fsp3) is 0.562. The van der Waals surface area contributed by atoms with Crippen LogP contribution in [0, 0.1) is 10.1 Å². The third-order valence-corrected chi connectivity index (χ3v) is 5.07. The zero-order valence-corrected chi connectivity index (χ0v) is 15.6. The van der Waals surface area contributed by atoms with E-state index in [1.54, 1.807) is 0 Å². The Labute approximate surface area is 163 Å². The van der Waals surface area contributed by atoms with E-state index < -0.39 is 35.0 Å². The highest BCUT2D eigenvalue weighted by molar-refractivity contribution is 6.32. The summed E-state index contributed by atoms with van der Waals surface area (Å²) in [6, 6.07) is 3.26. The van der Waals surface area contributed by atoms with Crippen molar-refractivity contribution in [2.24, 2.45) is 0 Å². The van der Waals surface area contributed by atoms with Crippen LogP contribution in [0.15, 0.2) is 18.2 Å². The minimum absolute atomic E-state index is 0.00778. The van der Waals surface area contributed by atoms with E-state index in [0.717, 1.165) is 23.1 Å². The van der Waals surface area contributed by atoms with Gasteiger partial charge in [0, 0.05) is 37.9 Å². The van der Waals surface area contributed by atoms with Gasteiger partial charge in [0.1, 0.15) is 5.02 Å². The quantitative estimate of drug-likeness (QED) is 0.548. The van der Waals surface area contributed by atoms with Gasteiger partial charge in [0.15, 0.2) is 6.10 Å². The first-order valence-electron chi connectivity index (χ1n) is 8.48. The highest BCUT2D eigenvalue weighted by Crippen LogP contribution is 2.38. The molecule has 0 spiro atoms. The summed E-state index contributed by atoms with van der Waals surface area (Å²) in [6.45, 7) is 1.75. The number of hydrogen-bond donors (Lipinski definition) is 0. The molecule has 0 aromatic heterocycles. The van der Waals surface area contributed by atoms with Crippen LogP contribution < -0.4 is 4.90 Å². The number of nitrogens with zero attached hydrogens (tertiary/aromatic N) is 4. The Kier molecular flexibility index (Phi) is 5.69. The standard InChI is InChI=1S/C16H18ClF3N4O4/c1-21-4-6-22(7-5-21)14(25)13-9-23(15(28-13)16(18,19)20)10-2-3-12(24(26)27)11(17)8-10/h2-3,8,13,15H,4-7,9H2,1H3. The molecule has 2 heterocycles. The number of nitro benzene ring substituents is 1. The van der Waals surface area contributed by atoms with E-state index in [-0.39, 0.29) is 17.3 Å². The number of carbonyl (C=O) groups is 1. The third kappa shape index (κ3) is 4.15. The van der Waals surface area contributed by atoms with Crippen LogP contribution in [-0.4, -0.2) is 78.9 Å². The molecule has 2 aliphatic heterocycles. The number of hydrogen-bond acceptors (Lipinski definition) is 6. The summed E-state index contributed by atoms with van der Waals surface area (Å²) in [4.78, 5) is 27.1. The van der Waals surface area contributed by atoms with Gasteiger partial charge in [-0.25, -0.2) is 0 Å². The Bertz CT molecular complexity index is 771. The number of likely N-dealkylation sites (N-methyl/N-ethyl adjacent to an activating group) is 1. The summed E-state index contributed by atoms with van der Waals surface area (Å²) >= 11 is 5.83. The first-order chi connectivity index (χ1) is 13.1. The smallest absolute Gasteiger partial charge is 0.338 e. The zero-order valence-electron chi connectivity index (χ0n) is 14.9. The van der Waals surface area contributed by atoms with E-state index in [4.69, 9.17) is 16.3 Å². The van der Waals surface area contributed by atoms with Crippen molar-refractivity contribution >= 4 is 28.9 Å². The van der Waals surface area contributed by atoms with Gasteiger partial charge in [-0.3, -0.25) is 14.9 Å². The van der Waals surface area contributed by atoms with Gasteiger partial charge in [-0.2, -0.15) is 13.2 Å². The van der Waals surface area contributed by atoms with Crippen molar-refractivity contribution in [1.82, 2.24) is 9.80 Å². The van der Waals surface area contributed by atoms with Crippen LogP contribution in [0.3, 0.4) is 0 Å². The monoisotopic (exact) mass is 422 g/mol. The average molecular weight is 423 g/mol. The zero-order chi connectivity index (χ0) is 20.6. The predicted molar refractivity (Wildman–Crippen MR) is 94.2 cm³/mol. The van der Waals surface area contributed by atoms with E-state index in [1.807, 2.05) is 11.9 Å².